The van der Waals surface area contributed by atoms with E-state index in [9.17, 15) is 5.02 Å². The molecule has 2 rings (SSSR count). The second kappa shape index (κ2) is 17.5. The third-order valence-corrected chi connectivity index (χ3v) is 4.40. The van der Waals surface area contributed by atoms with Gasteiger partial charge in [-0.25, -0.2) is 0 Å². The van der Waals surface area contributed by atoms with Gasteiger partial charge in [0, 0.05) is 13.2 Å². The highest BCUT2D eigenvalue weighted by Crippen LogP contribution is 2.17. The minimum Gasteiger partial charge on any atom is -0.402 e. The number of benzene rings is 2. The first-order valence-electron chi connectivity index (χ1n) is 10.8. The predicted octanol–water partition coefficient (Wildman–Crippen LogP) is 6.51. The first-order chi connectivity index (χ1) is 13.8. The van der Waals surface area contributed by atoms with Crippen LogP contribution in [-0.2, 0) is 9.31 Å². The highest BCUT2D eigenvalue weighted by atomic mass is 16.7. The molecule has 0 aliphatic heterocycles. The zero-order chi connectivity index (χ0) is 20.3. The summed E-state index contributed by atoms with van der Waals surface area (Å²) in [6.07, 6.45) is 9.25. The first kappa shape index (κ1) is 24.4. The van der Waals surface area contributed by atoms with Gasteiger partial charge < -0.3 is 14.3 Å². The van der Waals surface area contributed by atoms with Gasteiger partial charge >= 0.3 is 7.32 Å². The lowest BCUT2D eigenvalue weighted by atomic mass is 10.1. The Morgan fingerprint density at radius 1 is 0.607 bits per heavy atom. The standard InChI is InChI=1S/C12H27BO3.C12H10/c1-3-5-7-9-11-15-13(14)16-12-10-8-6-4-2;1-3-7-11(8-4-1)12-9-5-2-6-10-12/h14H,3-12H2,1-2H3;1-10H. The van der Waals surface area contributed by atoms with E-state index in [1.807, 2.05) is 12.1 Å². The maximum atomic E-state index is 9.32. The third-order valence-electron chi connectivity index (χ3n) is 4.40. The summed E-state index contributed by atoms with van der Waals surface area (Å²) in [6.45, 7) is 5.54. The van der Waals surface area contributed by atoms with Crippen molar-refractivity contribution in [1.29, 1.82) is 0 Å². The van der Waals surface area contributed by atoms with Crippen LogP contribution in [0.1, 0.15) is 65.2 Å². The van der Waals surface area contributed by atoms with Crippen LogP contribution in [0.4, 0.5) is 0 Å². The van der Waals surface area contributed by atoms with Gasteiger partial charge in [0.15, 0.2) is 0 Å². The molecule has 0 saturated carbocycles. The lowest BCUT2D eigenvalue weighted by Crippen LogP contribution is -2.23. The Balaban J connectivity index is 0.000000289. The molecule has 0 heterocycles. The van der Waals surface area contributed by atoms with Crippen LogP contribution in [0, 0.1) is 0 Å². The Hall–Kier alpha value is -1.62. The highest BCUT2D eigenvalue weighted by Gasteiger charge is 2.14. The Bertz CT molecular complexity index is 511. The van der Waals surface area contributed by atoms with Crippen LogP contribution < -0.4 is 0 Å². The lowest BCUT2D eigenvalue weighted by molar-refractivity contribution is 0.128. The fraction of sp³-hybridized carbons (Fsp3) is 0.500. The Morgan fingerprint density at radius 2 is 1.00 bits per heavy atom. The summed E-state index contributed by atoms with van der Waals surface area (Å²) >= 11 is 0. The van der Waals surface area contributed by atoms with Crippen molar-refractivity contribution < 1.29 is 14.3 Å². The van der Waals surface area contributed by atoms with E-state index >= 15 is 0 Å². The minimum absolute atomic E-state index is 0.593. The smallest absolute Gasteiger partial charge is 0.402 e. The summed E-state index contributed by atoms with van der Waals surface area (Å²) in [5.41, 5.74) is 2.55. The van der Waals surface area contributed by atoms with E-state index in [4.69, 9.17) is 9.31 Å². The van der Waals surface area contributed by atoms with Crippen molar-refractivity contribution in [2.24, 2.45) is 0 Å². The van der Waals surface area contributed by atoms with E-state index in [0.29, 0.717) is 13.2 Å². The van der Waals surface area contributed by atoms with Gasteiger partial charge in [-0.1, -0.05) is 113 Å². The summed E-state index contributed by atoms with van der Waals surface area (Å²) in [6, 6.07) is 20.8. The molecule has 28 heavy (non-hydrogen) atoms. The van der Waals surface area contributed by atoms with E-state index in [0.717, 1.165) is 12.8 Å². The van der Waals surface area contributed by atoms with Gasteiger partial charge in [0.1, 0.15) is 0 Å². The number of hydrogen-bond donors (Lipinski definition) is 1. The molecule has 2 aromatic rings. The van der Waals surface area contributed by atoms with E-state index in [-0.39, 0.29) is 0 Å². The maximum absolute atomic E-state index is 9.32. The molecule has 0 spiro atoms. The van der Waals surface area contributed by atoms with Crippen LogP contribution in [0.2, 0.25) is 0 Å². The molecule has 1 N–H and O–H groups in total. The summed E-state index contributed by atoms with van der Waals surface area (Å²) in [5, 5.41) is 9.32. The Kier molecular flexibility index (Phi) is 15.2. The molecule has 0 fully saturated rings. The summed E-state index contributed by atoms with van der Waals surface area (Å²) < 4.78 is 10.3. The van der Waals surface area contributed by atoms with Crippen molar-refractivity contribution >= 4 is 7.32 Å². The van der Waals surface area contributed by atoms with Gasteiger partial charge in [0.25, 0.3) is 0 Å². The van der Waals surface area contributed by atoms with Crippen LogP contribution in [-0.4, -0.2) is 25.6 Å². The molecule has 0 atom stereocenters. The topological polar surface area (TPSA) is 38.7 Å². The quantitative estimate of drug-likeness (QED) is 0.316. The maximum Gasteiger partial charge on any atom is 0.636 e. The molecule has 0 amide bonds. The zero-order valence-corrected chi connectivity index (χ0v) is 17.7. The van der Waals surface area contributed by atoms with Crippen LogP contribution in [0.15, 0.2) is 60.7 Å². The van der Waals surface area contributed by atoms with E-state index in [2.05, 4.69) is 62.4 Å². The van der Waals surface area contributed by atoms with Gasteiger partial charge in [-0.05, 0) is 24.0 Å². The van der Waals surface area contributed by atoms with Crippen molar-refractivity contribution in [3.63, 3.8) is 0 Å². The van der Waals surface area contributed by atoms with Gasteiger partial charge in [-0.2, -0.15) is 0 Å². The van der Waals surface area contributed by atoms with Crippen molar-refractivity contribution in [2.75, 3.05) is 13.2 Å². The molecular formula is C24H37BO3. The average molecular weight is 384 g/mol. The number of rotatable bonds is 13. The zero-order valence-electron chi connectivity index (χ0n) is 17.7. The molecule has 3 nitrogen and oxygen atoms in total. The van der Waals surface area contributed by atoms with Crippen LogP contribution >= 0.6 is 0 Å². The van der Waals surface area contributed by atoms with Crippen LogP contribution in [0.25, 0.3) is 11.1 Å². The van der Waals surface area contributed by atoms with E-state index in [1.165, 1.54) is 49.7 Å². The van der Waals surface area contributed by atoms with Crippen LogP contribution in [0.5, 0.6) is 0 Å². The molecular weight excluding hydrogens is 347 g/mol. The summed E-state index contributed by atoms with van der Waals surface area (Å²) in [5.74, 6) is 0. The fourth-order valence-electron chi connectivity index (χ4n) is 2.74. The van der Waals surface area contributed by atoms with Crippen LogP contribution in [0.3, 0.4) is 0 Å². The van der Waals surface area contributed by atoms with Gasteiger partial charge in [0.2, 0.25) is 0 Å². The van der Waals surface area contributed by atoms with Gasteiger partial charge in [-0.15, -0.1) is 0 Å². The fourth-order valence-corrected chi connectivity index (χ4v) is 2.74. The second-order valence-corrected chi connectivity index (χ2v) is 6.90. The molecule has 2 aromatic carbocycles. The number of hydrogen-bond acceptors (Lipinski definition) is 3. The largest absolute Gasteiger partial charge is 0.636 e. The SMILES string of the molecule is CCCCCCOB(O)OCCCCCC.c1ccc(-c2ccccc2)cc1. The molecule has 0 aromatic heterocycles. The van der Waals surface area contributed by atoms with Crippen molar-refractivity contribution in [3.05, 3.63) is 60.7 Å². The monoisotopic (exact) mass is 384 g/mol. The third kappa shape index (κ3) is 12.7. The van der Waals surface area contributed by atoms with Crippen molar-refractivity contribution in [3.8, 4) is 11.1 Å². The summed E-state index contributed by atoms with van der Waals surface area (Å²) in [4.78, 5) is 0. The Morgan fingerprint density at radius 3 is 1.36 bits per heavy atom. The Labute approximate surface area is 172 Å². The summed E-state index contributed by atoms with van der Waals surface area (Å²) in [7, 11) is -1.02. The molecule has 4 heteroatoms. The predicted molar refractivity (Wildman–Crippen MR) is 120 cm³/mol. The van der Waals surface area contributed by atoms with Crippen molar-refractivity contribution in [2.45, 2.75) is 65.2 Å². The molecule has 0 bridgehead atoms. The molecule has 0 unspecified atom stereocenters. The molecule has 0 radical (unpaired) electrons. The normalized spacial score (nSPS) is 10.2. The average Bonchev–Trinajstić information content (AvgIpc) is 2.75. The first-order valence-corrected chi connectivity index (χ1v) is 10.8. The second-order valence-electron chi connectivity index (χ2n) is 6.90. The minimum atomic E-state index is -1.02. The van der Waals surface area contributed by atoms with E-state index < -0.39 is 7.32 Å². The molecule has 0 aliphatic carbocycles. The van der Waals surface area contributed by atoms with E-state index in [1.54, 1.807) is 0 Å². The van der Waals surface area contributed by atoms with Crippen molar-refractivity contribution in [1.82, 2.24) is 0 Å². The van der Waals surface area contributed by atoms with Gasteiger partial charge in [0.05, 0.1) is 0 Å². The molecule has 154 valence electrons. The van der Waals surface area contributed by atoms with Gasteiger partial charge in [-0.3, -0.25) is 0 Å². The highest BCUT2D eigenvalue weighted by molar-refractivity contribution is 6.34. The lowest BCUT2D eigenvalue weighted by Gasteiger charge is -2.08. The molecule has 0 saturated heterocycles. The molecule has 0 aliphatic rings. The number of unbranched alkanes of at least 4 members (excludes halogenated alkanes) is 6.